The number of carboxylic acid groups (broad SMARTS) is 2. The van der Waals surface area contributed by atoms with Gasteiger partial charge in [0, 0.05) is 11.2 Å². The van der Waals surface area contributed by atoms with Crippen LogP contribution in [0.3, 0.4) is 0 Å². The summed E-state index contributed by atoms with van der Waals surface area (Å²) in [5.74, 6) is -2.35. The number of hydrogen-bond acceptors (Lipinski definition) is 4. The molecule has 33 heavy (non-hydrogen) atoms. The molecule has 182 valence electrons. The Labute approximate surface area is 201 Å². The van der Waals surface area contributed by atoms with Crippen LogP contribution in [-0.2, 0) is 11.2 Å². The molecule has 0 aromatic heterocycles. The van der Waals surface area contributed by atoms with Crippen molar-refractivity contribution in [2.45, 2.75) is 63.2 Å². The van der Waals surface area contributed by atoms with Crippen molar-refractivity contribution >= 4 is 23.1 Å². The summed E-state index contributed by atoms with van der Waals surface area (Å²) in [6.07, 6.45) is 5.33. The third-order valence-corrected chi connectivity index (χ3v) is 6.81. The molecule has 0 fully saturated rings. The van der Waals surface area contributed by atoms with Crippen LogP contribution < -0.4 is 5.11 Å². The fourth-order valence-electron chi connectivity index (χ4n) is 4.14. The van der Waals surface area contributed by atoms with E-state index in [1.165, 1.54) is 105 Å². The summed E-state index contributed by atoms with van der Waals surface area (Å²) in [7, 11) is 0. The molecular weight excluding hydrogens is 438 g/mol. The molecule has 6 nitrogen and oxygen atoms in total. The highest BCUT2D eigenvalue weighted by Gasteiger charge is 2.22. The van der Waals surface area contributed by atoms with Gasteiger partial charge in [-0.1, -0.05) is 27.7 Å². The highest BCUT2D eigenvalue weighted by molar-refractivity contribution is 7.91. The Morgan fingerprint density at radius 2 is 1.06 bits per heavy atom. The lowest BCUT2D eigenvalue weighted by molar-refractivity contribution is -0.928. The summed E-state index contributed by atoms with van der Waals surface area (Å²) in [6, 6.07) is 11.2. The maximum absolute atomic E-state index is 12.2. The standard InChI is InChI=1S/C14H10O5S.C12H28N/c15-13(16)9-1-5-11(6-2-9)20(19)12-7-3-10(4-8-12)14(17)18;1-5-9-13(10-6-2,11-7-3)12-8-4/h1-8H,(H,15,16)(H,17,18);5-12H2,1-4H3/q;+1/p-1. The summed E-state index contributed by atoms with van der Waals surface area (Å²) in [5.41, 5.74) is 0.116. The zero-order chi connectivity index (χ0) is 24.9. The first-order valence-electron chi connectivity index (χ1n) is 11.6. The Morgan fingerprint density at radius 1 is 0.727 bits per heavy atom. The molecule has 0 bridgehead atoms. The molecule has 0 amide bonds. The number of carbonyl (C=O) groups excluding carboxylic acids is 1. The van der Waals surface area contributed by atoms with Gasteiger partial charge in [0.15, 0.2) is 9.79 Å². The van der Waals surface area contributed by atoms with Crippen LogP contribution in [0, 0.1) is 0 Å². The van der Waals surface area contributed by atoms with Crippen LogP contribution in [-0.4, -0.2) is 52.3 Å². The summed E-state index contributed by atoms with van der Waals surface area (Å²) >= 11 is -1.50. The molecule has 0 aliphatic heterocycles. The molecule has 0 spiro atoms. The van der Waals surface area contributed by atoms with E-state index in [1.54, 1.807) is 0 Å². The monoisotopic (exact) mass is 475 g/mol. The molecule has 0 saturated carbocycles. The van der Waals surface area contributed by atoms with Crippen molar-refractivity contribution in [3.8, 4) is 0 Å². The van der Waals surface area contributed by atoms with Crippen molar-refractivity contribution in [3.63, 3.8) is 0 Å². The number of aromatic carboxylic acids is 2. The number of benzene rings is 2. The van der Waals surface area contributed by atoms with Gasteiger partial charge in [-0.3, -0.25) is 0 Å². The van der Waals surface area contributed by atoms with Gasteiger partial charge in [-0.25, -0.2) is 4.79 Å². The van der Waals surface area contributed by atoms with Gasteiger partial charge in [0.2, 0.25) is 0 Å². The molecule has 2 aromatic carbocycles. The number of nitrogens with zero attached hydrogens (tertiary/aromatic N) is 1. The van der Waals surface area contributed by atoms with Gasteiger partial charge in [-0.15, -0.1) is 0 Å². The van der Waals surface area contributed by atoms with Crippen molar-refractivity contribution in [1.29, 1.82) is 0 Å². The lowest BCUT2D eigenvalue weighted by atomic mass is 10.2. The Balaban J connectivity index is 0.000000366. The number of quaternary nitrogens is 1. The smallest absolute Gasteiger partial charge is 0.335 e. The average molecular weight is 476 g/mol. The number of hydrogen-bond donors (Lipinski definition) is 1. The normalized spacial score (nSPS) is 11.9. The molecule has 0 heterocycles. The second-order valence-electron chi connectivity index (χ2n) is 8.15. The molecule has 0 aliphatic rings. The minimum Gasteiger partial charge on any atom is -0.606 e. The van der Waals surface area contributed by atoms with E-state index in [0.717, 1.165) is 0 Å². The molecule has 1 N–H and O–H groups in total. The van der Waals surface area contributed by atoms with Crippen molar-refractivity contribution in [2.75, 3.05) is 26.2 Å². The van der Waals surface area contributed by atoms with Gasteiger partial charge < -0.3 is 24.0 Å². The van der Waals surface area contributed by atoms with Crippen molar-refractivity contribution in [3.05, 3.63) is 59.7 Å². The predicted octanol–water partition coefficient (Wildman–Crippen LogP) is 4.36. The van der Waals surface area contributed by atoms with Crippen molar-refractivity contribution < 1.29 is 28.8 Å². The second-order valence-corrected chi connectivity index (χ2v) is 9.63. The van der Waals surface area contributed by atoms with E-state index < -0.39 is 23.1 Å². The van der Waals surface area contributed by atoms with Crippen LogP contribution in [0.4, 0.5) is 0 Å². The predicted molar refractivity (Wildman–Crippen MR) is 130 cm³/mol. The maximum Gasteiger partial charge on any atom is 0.335 e. The topological polar surface area (TPSA) is 100 Å². The first kappa shape index (κ1) is 28.7. The van der Waals surface area contributed by atoms with Crippen LogP contribution >= 0.6 is 0 Å². The molecule has 0 radical (unpaired) electrons. The van der Waals surface area contributed by atoms with Crippen LogP contribution in [0.5, 0.6) is 0 Å². The van der Waals surface area contributed by atoms with Crippen LogP contribution in [0.2, 0.25) is 0 Å². The molecule has 0 saturated heterocycles. The third kappa shape index (κ3) is 9.20. The molecule has 1 unspecified atom stereocenters. The minimum absolute atomic E-state index is 0.00646. The first-order valence-corrected chi connectivity index (χ1v) is 12.8. The van der Waals surface area contributed by atoms with Crippen LogP contribution in [0.25, 0.3) is 0 Å². The van der Waals surface area contributed by atoms with E-state index in [4.69, 9.17) is 5.11 Å². The maximum atomic E-state index is 12.2. The Morgan fingerprint density at radius 3 is 1.33 bits per heavy atom. The quantitative estimate of drug-likeness (QED) is 0.363. The van der Waals surface area contributed by atoms with Gasteiger partial charge in [0.25, 0.3) is 0 Å². The first-order chi connectivity index (χ1) is 15.7. The third-order valence-electron chi connectivity index (χ3n) is 5.41. The molecular formula is C26H37NO5S. The Kier molecular flexibility index (Phi) is 12.8. The lowest BCUT2D eigenvalue weighted by Crippen LogP contribution is -2.50. The molecule has 0 aliphatic carbocycles. The number of rotatable bonds is 12. The summed E-state index contributed by atoms with van der Waals surface area (Å²) in [6.45, 7) is 14.8. The van der Waals surface area contributed by atoms with E-state index in [-0.39, 0.29) is 11.1 Å². The lowest BCUT2D eigenvalue weighted by Gasteiger charge is -2.38. The van der Waals surface area contributed by atoms with E-state index in [1.807, 2.05) is 0 Å². The molecule has 7 heteroatoms. The highest BCUT2D eigenvalue weighted by atomic mass is 32.2. The van der Waals surface area contributed by atoms with E-state index >= 15 is 0 Å². The van der Waals surface area contributed by atoms with Crippen molar-refractivity contribution in [1.82, 2.24) is 0 Å². The number of carboxylic acids is 2. The second kappa shape index (κ2) is 14.7. The summed E-state index contributed by atoms with van der Waals surface area (Å²) in [4.78, 5) is 22.2. The van der Waals surface area contributed by atoms with E-state index in [2.05, 4.69) is 27.7 Å². The Hall–Kier alpha value is -2.35. The average Bonchev–Trinajstić information content (AvgIpc) is 2.80. The minimum atomic E-state index is -1.50. The Bertz CT molecular complexity index is 765. The zero-order valence-corrected chi connectivity index (χ0v) is 21.0. The van der Waals surface area contributed by atoms with Gasteiger partial charge in [0.1, 0.15) is 0 Å². The number of carbonyl (C=O) groups is 2. The van der Waals surface area contributed by atoms with Gasteiger partial charge in [0.05, 0.1) is 37.7 Å². The fraction of sp³-hybridized carbons (Fsp3) is 0.462. The van der Waals surface area contributed by atoms with Gasteiger partial charge in [-0.05, 0) is 79.8 Å². The highest BCUT2D eigenvalue weighted by Crippen LogP contribution is 2.21. The summed E-state index contributed by atoms with van der Waals surface area (Å²) in [5, 5.41) is 19.4. The SMILES string of the molecule is CCC[N+](CCC)(CCC)CCC.O=C([O-])c1ccc([S+]([O-])c2ccc(C(=O)O)cc2)cc1. The zero-order valence-electron chi connectivity index (χ0n) is 20.2. The van der Waals surface area contributed by atoms with E-state index in [0.29, 0.717) is 9.79 Å². The van der Waals surface area contributed by atoms with Gasteiger partial charge >= 0.3 is 5.97 Å². The van der Waals surface area contributed by atoms with Crippen LogP contribution in [0.15, 0.2) is 58.3 Å². The van der Waals surface area contributed by atoms with Gasteiger partial charge in [-0.2, -0.15) is 0 Å². The van der Waals surface area contributed by atoms with E-state index in [9.17, 15) is 19.2 Å². The molecule has 2 aromatic rings. The van der Waals surface area contributed by atoms with Crippen LogP contribution in [0.1, 0.15) is 74.1 Å². The molecule has 1 atom stereocenters. The molecule has 2 rings (SSSR count). The largest absolute Gasteiger partial charge is 0.606 e. The van der Waals surface area contributed by atoms with Crippen molar-refractivity contribution in [2.24, 2.45) is 0 Å². The fourth-order valence-corrected chi connectivity index (χ4v) is 5.18. The summed E-state index contributed by atoms with van der Waals surface area (Å²) < 4.78 is 13.6.